The van der Waals surface area contributed by atoms with E-state index < -0.39 is 0 Å². The smallest absolute Gasteiger partial charge is 0.256 e. The zero-order chi connectivity index (χ0) is 18.7. The molecule has 0 aliphatic heterocycles. The molecule has 2 aromatic carbocycles. The van der Waals surface area contributed by atoms with Gasteiger partial charge in [0, 0.05) is 28.7 Å². The number of hydrogen-bond acceptors (Lipinski definition) is 4. The lowest BCUT2D eigenvalue weighted by atomic mass is 10.1. The zero-order valence-corrected chi connectivity index (χ0v) is 15.8. The molecule has 26 heavy (non-hydrogen) atoms. The molecule has 1 heterocycles. The molecule has 0 aliphatic carbocycles. The Bertz CT molecular complexity index is 1030. The summed E-state index contributed by atoms with van der Waals surface area (Å²) in [6, 6.07) is 12.0. The Balaban J connectivity index is 1.94. The molecule has 2 N–H and O–H groups in total. The highest BCUT2D eigenvalue weighted by molar-refractivity contribution is 9.10. The Morgan fingerprint density at radius 1 is 1.15 bits per heavy atom. The summed E-state index contributed by atoms with van der Waals surface area (Å²) in [5, 5.41) is 3.70. The first-order chi connectivity index (χ1) is 12.5. The molecule has 0 bridgehead atoms. The number of halogens is 1. The van der Waals surface area contributed by atoms with Crippen LogP contribution in [0.15, 0.2) is 51.7 Å². The van der Waals surface area contributed by atoms with Gasteiger partial charge in [-0.15, -0.1) is 0 Å². The van der Waals surface area contributed by atoms with E-state index in [2.05, 4.69) is 26.2 Å². The first kappa shape index (κ1) is 18.2. The number of anilines is 1. The second kappa shape index (κ2) is 7.72. The lowest BCUT2D eigenvalue weighted by Crippen LogP contribution is -2.13. The van der Waals surface area contributed by atoms with Gasteiger partial charge in [0.15, 0.2) is 0 Å². The molecule has 0 aliphatic rings. The average Bonchev–Trinajstić information content (AvgIpc) is 2.62. The highest BCUT2D eigenvalue weighted by Gasteiger charge is 2.13. The van der Waals surface area contributed by atoms with Gasteiger partial charge < -0.3 is 19.8 Å². The lowest BCUT2D eigenvalue weighted by molar-refractivity contribution is 0.102. The van der Waals surface area contributed by atoms with E-state index in [0.717, 1.165) is 10.9 Å². The fraction of sp³-hybridized carbons (Fsp3) is 0.158. The van der Waals surface area contributed by atoms with Crippen molar-refractivity contribution in [1.82, 2.24) is 4.98 Å². The van der Waals surface area contributed by atoms with Crippen molar-refractivity contribution in [2.24, 2.45) is 0 Å². The maximum atomic E-state index is 12.6. The molecule has 0 atom stereocenters. The van der Waals surface area contributed by atoms with Crippen LogP contribution in [0.5, 0.6) is 5.75 Å². The monoisotopic (exact) mass is 416 g/mol. The van der Waals surface area contributed by atoms with Crippen LogP contribution in [0.2, 0.25) is 0 Å². The quantitative estimate of drug-likeness (QED) is 0.664. The van der Waals surface area contributed by atoms with Crippen molar-refractivity contribution in [3.05, 3.63) is 68.4 Å². The zero-order valence-electron chi connectivity index (χ0n) is 14.3. The minimum atomic E-state index is -0.287. The van der Waals surface area contributed by atoms with E-state index in [0.29, 0.717) is 33.6 Å². The van der Waals surface area contributed by atoms with Crippen molar-refractivity contribution in [2.75, 3.05) is 19.5 Å². The molecule has 1 aromatic heterocycles. The number of aromatic nitrogens is 1. The Morgan fingerprint density at radius 3 is 2.69 bits per heavy atom. The van der Waals surface area contributed by atoms with Crippen LogP contribution in [0, 0.1) is 0 Å². The predicted octanol–water partition coefficient (Wildman–Crippen LogP) is 3.70. The second-order valence-corrected chi connectivity index (χ2v) is 6.51. The third kappa shape index (κ3) is 3.79. The van der Waals surface area contributed by atoms with Gasteiger partial charge in [-0.25, -0.2) is 0 Å². The third-order valence-electron chi connectivity index (χ3n) is 3.90. The molecule has 1 amide bonds. The van der Waals surface area contributed by atoms with Gasteiger partial charge in [-0.05, 0) is 51.8 Å². The predicted molar refractivity (Wildman–Crippen MR) is 104 cm³/mol. The van der Waals surface area contributed by atoms with Gasteiger partial charge in [-0.3, -0.25) is 9.59 Å². The number of pyridine rings is 1. The molecule has 0 unspecified atom stereocenters. The Morgan fingerprint density at radius 2 is 1.96 bits per heavy atom. The molecule has 0 saturated carbocycles. The summed E-state index contributed by atoms with van der Waals surface area (Å²) in [6.07, 6.45) is 0. The number of benzene rings is 2. The molecule has 3 aromatic rings. The minimum absolute atomic E-state index is 0.219. The summed E-state index contributed by atoms with van der Waals surface area (Å²) < 4.78 is 11.0. The van der Waals surface area contributed by atoms with Crippen LogP contribution in [0.4, 0.5) is 5.69 Å². The number of rotatable bonds is 5. The number of ether oxygens (including phenoxy) is 2. The largest absolute Gasteiger partial charge is 0.497 e. The number of H-pyrrole nitrogens is 1. The normalized spacial score (nSPS) is 10.7. The van der Waals surface area contributed by atoms with Gasteiger partial charge in [0.25, 0.3) is 5.91 Å². The molecule has 0 saturated heterocycles. The van der Waals surface area contributed by atoms with Gasteiger partial charge in [0.2, 0.25) is 5.56 Å². The SMILES string of the molecule is COCc1cc(=O)[nH]c2cc(NC(=O)c3cc(OC)ccc3Br)ccc12. The van der Waals surface area contributed by atoms with Crippen molar-refractivity contribution in [3.8, 4) is 5.75 Å². The van der Waals surface area contributed by atoms with Crippen molar-refractivity contribution in [2.45, 2.75) is 6.61 Å². The van der Waals surface area contributed by atoms with Crippen LogP contribution in [-0.4, -0.2) is 25.1 Å². The van der Waals surface area contributed by atoms with Crippen LogP contribution < -0.4 is 15.6 Å². The van der Waals surface area contributed by atoms with Crippen LogP contribution in [0.3, 0.4) is 0 Å². The molecule has 6 nitrogen and oxygen atoms in total. The van der Waals surface area contributed by atoms with Crippen molar-refractivity contribution < 1.29 is 14.3 Å². The average molecular weight is 417 g/mol. The lowest BCUT2D eigenvalue weighted by Gasteiger charge is -2.10. The first-order valence-corrected chi connectivity index (χ1v) is 8.61. The molecule has 0 fully saturated rings. The summed E-state index contributed by atoms with van der Waals surface area (Å²) in [7, 11) is 3.12. The Kier molecular flexibility index (Phi) is 5.39. The van der Waals surface area contributed by atoms with E-state index in [4.69, 9.17) is 9.47 Å². The summed E-state index contributed by atoms with van der Waals surface area (Å²) >= 11 is 3.37. The number of hydrogen-bond donors (Lipinski definition) is 2. The number of nitrogens with one attached hydrogen (secondary N) is 2. The fourth-order valence-corrected chi connectivity index (χ4v) is 3.12. The van der Waals surface area contributed by atoms with Gasteiger partial charge in [-0.2, -0.15) is 0 Å². The standard InChI is InChI=1S/C19H17BrN2O4/c1-25-10-11-7-18(23)22-17-8-12(3-5-14(11)17)21-19(24)15-9-13(26-2)4-6-16(15)20/h3-9H,10H2,1-2H3,(H,21,24)(H,22,23). The van der Waals surface area contributed by atoms with Crippen LogP contribution in [0.1, 0.15) is 15.9 Å². The molecular formula is C19H17BrN2O4. The van der Waals surface area contributed by atoms with Crippen LogP contribution in [-0.2, 0) is 11.3 Å². The summed E-state index contributed by atoms with van der Waals surface area (Å²) in [5.74, 6) is 0.302. The fourth-order valence-electron chi connectivity index (χ4n) is 2.69. The highest BCUT2D eigenvalue weighted by Crippen LogP contribution is 2.25. The topological polar surface area (TPSA) is 80.4 Å². The van der Waals surface area contributed by atoms with Gasteiger partial charge in [-0.1, -0.05) is 6.07 Å². The van der Waals surface area contributed by atoms with Crippen molar-refractivity contribution >= 4 is 38.4 Å². The minimum Gasteiger partial charge on any atom is -0.497 e. The van der Waals surface area contributed by atoms with E-state index in [1.807, 2.05) is 6.07 Å². The maximum absolute atomic E-state index is 12.6. The van der Waals surface area contributed by atoms with E-state index in [-0.39, 0.29) is 11.5 Å². The van der Waals surface area contributed by atoms with Gasteiger partial charge in [0.1, 0.15) is 5.75 Å². The number of fused-ring (bicyclic) bond motifs is 1. The second-order valence-electron chi connectivity index (χ2n) is 5.65. The summed E-state index contributed by atoms with van der Waals surface area (Å²) in [6.45, 7) is 0.336. The van der Waals surface area contributed by atoms with E-state index in [1.54, 1.807) is 44.6 Å². The Hall–Kier alpha value is -2.64. The summed E-state index contributed by atoms with van der Waals surface area (Å²) in [5.41, 5.74) is 2.23. The first-order valence-electron chi connectivity index (χ1n) is 7.81. The third-order valence-corrected chi connectivity index (χ3v) is 4.60. The maximum Gasteiger partial charge on any atom is 0.256 e. The number of methoxy groups -OCH3 is 2. The molecule has 7 heteroatoms. The summed E-state index contributed by atoms with van der Waals surface area (Å²) in [4.78, 5) is 27.2. The molecule has 0 spiro atoms. The number of carbonyl (C=O) groups excluding carboxylic acids is 1. The highest BCUT2D eigenvalue weighted by atomic mass is 79.9. The van der Waals surface area contributed by atoms with E-state index in [9.17, 15) is 9.59 Å². The van der Waals surface area contributed by atoms with Crippen molar-refractivity contribution in [3.63, 3.8) is 0 Å². The molecule has 3 rings (SSSR count). The Labute approximate surface area is 158 Å². The van der Waals surface area contributed by atoms with Crippen LogP contribution in [0.25, 0.3) is 10.9 Å². The molecular weight excluding hydrogens is 400 g/mol. The number of carbonyl (C=O) groups is 1. The molecule has 0 radical (unpaired) electrons. The number of amides is 1. The van der Waals surface area contributed by atoms with E-state index >= 15 is 0 Å². The number of aromatic amines is 1. The van der Waals surface area contributed by atoms with E-state index in [1.165, 1.54) is 6.07 Å². The van der Waals surface area contributed by atoms with Crippen LogP contribution >= 0.6 is 15.9 Å². The van der Waals surface area contributed by atoms with Gasteiger partial charge >= 0.3 is 0 Å². The van der Waals surface area contributed by atoms with Gasteiger partial charge in [0.05, 0.1) is 24.8 Å². The molecule has 134 valence electrons. The van der Waals surface area contributed by atoms with Crippen molar-refractivity contribution in [1.29, 1.82) is 0 Å².